The van der Waals surface area contributed by atoms with Crippen LogP contribution in [0.15, 0.2) is 0 Å². The zero-order valence-electron chi connectivity index (χ0n) is 20.2. The fourth-order valence-corrected chi connectivity index (χ4v) is 3.10. The molecule has 0 spiro atoms. The maximum atomic E-state index is 12.9. The molecule has 0 aliphatic carbocycles. The number of rotatable bonds is 19. The van der Waals surface area contributed by atoms with Crippen molar-refractivity contribution >= 4 is 29.6 Å². The second-order valence-corrected chi connectivity index (χ2v) is 8.36. The average molecular weight is 504 g/mol. The van der Waals surface area contributed by atoms with Gasteiger partial charge >= 0.3 is 5.97 Å². The van der Waals surface area contributed by atoms with Crippen LogP contribution in [0.5, 0.6) is 0 Å². The monoisotopic (exact) mass is 503 g/mol. The average Bonchev–Trinajstić information content (AvgIpc) is 2.79. The lowest BCUT2D eigenvalue weighted by atomic mass is 10.0. The van der Waals surface area contributed by atoms with Crippen molar-refractivity contribution in [2.45, 2.75) is 88.6 Å². The Labute approximate surface area is 204 Å². The molecule has 0 aliphatic rings. The lowest BCUT2D eigenvalue weighted by Crippen LogP contribution is -2.58. The first-order valence-corrected chi connectivity index (χ1v) is 11.7. The zero-order valence-corrected chi connectivity index (χ0v) is 20.2. The highest BCUT2D eigenvalue weighted by molar-refractivity contribution is 5.94. The zero-order chi connectivity index (χ0) is 27.0. The van der Waals surface area contributed by atoms with Crippen LogP contribution in [-0.4, -0.2) is 83.2 Å². The van der Waals surface area contributed by atoms with Crippen molar-refractivity contribution in [3.05, 3.63) is 0 Å². The summed E-state index contributed by atoms with van der Waals surface area (Å²) in [5.74, 6) is -4.27. The number of carbonyl (C=O) groups excluding carboxylic acids is 4. The van der Waals surface area contributed by atoms with Gasteiger partial charge in [0, 0.05) is 6.42 Å². The molecule has 14 nitrogen and oxygen atoms in total. The van der Waals surface area contributed by atoms with Crippen LogP contribution in [0.2, 0.25) is 0 Å². The van der Waals surface area contributed by atoms with Crippen LogP contribution in [0.25, 0.3) is 0 Å². The smallest absolute Gasteiger partial charge is 0.326 e. The lowest BCUT2D eigenvalue weighted by molar-refractivity contribution is -0.142. The number of unbranched alkanes of at least 4 members (excludes halogenated alkanes) is 2. The summed E-state index contributed by atoms with van der Waals surface area (Å²) in [5.41, 5.74) is 21.7. The fraction of sp³-hybridized carbons (Fsp3) is 0.762. The van der Waals surface area contributed by atoms with Crippen LogP contribution < -0.4 is 38.9 Å². The van der Waals surface area contributed by atoms with E-state index in [0.29, 0.717) is 38.8 Å². The fourth-order valence-electron chi connectivity index (χ4n) is 3.10. The van der Waals surface area contributed by atoms with E-state index in [1.54, 1.807) is 0 Å². The Bertz CT molecular complexity index is 706. The summed E-state index contributed by atoms with van der Waals surface area (Å²) in [6.07, 6.45) is 0.812. The van der Waals surface area contributed by atoms with Gasteiger partial charge in [0.1, 0.15) is 24.2 Å². The van der Waals surface area contributed by atoms with Gasteiger partial charge in [0.25, 0.3) is 0 Å². The number of nitrogens with two attached hydrogens (primary N) is 4. The molecule has 0 aliphatic heterocycles. The van der Waals surface area contributed by atoms with Gasteiger partial charge in [-0.05, 0) is 65.0 Å². The maximum absolute atomic E-state index is 12.9. The highest BCUT2D eigenvalue weighted by Gasteiger charge is 2.30. The summed E-state index contributed by atoms with van der Waals surface area (Å²) in [6.45, 7) is 2.04. The van der Waals surface area contributed by atoms with Crippen molar-refractivity contribution in [2.75, 3.05) is 13.1 Å². The molecule has 5 unspecified atom stereocenters. The molecule has 0 rings (SSSR count). The van der Waals surface area contributed by atoms with Gasteiger partial charge in [-0.1, -0.05) is 0 Å². The molecule has 0 aromatic carbocycles. The number of aliphatic carboxylic acids is 1. The molecular formula is C21H41N7O7. The lowest BCUT2D eigenvalue weighted by Gasteiger charge is -2.25. The van der Waals surface area contributed by atoms with E-state index in [1.165, 1.54) is 6.92 Å². The summed E-state index contributed by atoms with van der Waals surface area (Å²) < 4.78 is 0. The van der Waals surface area contributed by atoms with E-state index in [1.807, 2.05) is 0 Å². The number of aliphatic hydroxyl groups is 1. The first-order valence-electron chi connectivity index (χ1n) is 11.7. The first-order chi connectivity index (χ1) is 16.4. The Balaban J connectivity index is 5.53. The van der Waals surface area contributed by atoms with Gasteiger partial charge in [0.05, 0.1) is 6.10 Å². The van der Waals surface area contributed by atoms with Gasteiger partial charge < -0.3 is 49.1 Å². The molecule has 0 radical (unpaired) electrons. The maximum Gasteiger partial charge on any atom is 0.326 e. The van der Waals surface area contributed by atoms with Crippen LogP contribution in [0.1, 0.15) is 58.3 Å². The summed E-state index contributed by atoms with van der Waals surface area (Å²) in [5, 5.41) is 26.3. The minimum atomic E-state index is -1.33. The summed E-state index contributed by atoms with van der Waals surface area (Å²) >= 11 is 0. The van der Waals surface area contributed by atoms with E-state index < -0.39 is 59.9 Å². The van der Waals surface area contributed by atoms with E-state index >= 15 is 0 Å². The quantitative estimate of drug-likeness (QED) is 0.0794. The molecule has 35 heavy (non-hydrogen) atoms. The predicted molar refractivity (Wildman–Crippen MR) is 127 cm³/mol. The van der Waals surface area contributed by atoms with Crippen molar-refractivity contribution in [1.29, 1.82) is 0 Å². The normalized spacial score (nSPS) is 15.2. The van der Waals surface area contributed by atoms with Crippen LogP contribution in [-0.2, 0) is 24.0 Å². The van der Waals surface area contributed by atoms with E-state index in [2.05, 4.69) is 16.0 Å². The number of amides is 4. The van der Waals surface area contributed by atoms with Crippen molar-refractivity contribution in [3.63, 3.8) is 0 Å². The highest BCUT2D eigenvalue weighted by Crippen LogP contribution is 2.07. The standard InChI is InChI=1S/C21H41N7O7/c1-12(29)17(25)20(33)27-14(8-9-16(24)30)19(32)26-13(6-2-4-10-22)18(31)28-15(21(34)35)7-3-5-11-23/h12-15,17,29H,2-11,22-23,25H2,1H3,(H2,24,30)(H,26,32)(H,27,33)(H,28,31)(H,34,35). The molecule has 0 aromatic heterocycles. The van der Waals surface area contributed by atoms with Gasteiger partial charge in [-0.15, -0.1) is 0 Å². The van der Waals surface area contributed by atoms with Crippen molar-refractivity contribution < 1.29 is 34.2 Å². The number of primary amides is 1. The van der Waals surface area contributed by atoms with Gasteiger partial charge in [-0.25, -0.2) is 4.79 Å². The van der Waals surface area contributed by atoms with Crippen LogP contribution in [0.3, 0.4) is 0 Å². The third-order valence-electron chi connectivity index (χ3n) is 5.28. The Kier molecular flexibility index (Phi) is 16.2. The molecule has 14 heteroatoms. The minimum Gasteiger partial charge on any atom is -0.480 e. The number of carbonyl (C=O) groups is 5. The predicted octanol–water partition coefficient (Wildman–Crippen LogP) is -3.24. The number of aliphatic hydroxyl groups excluding tert-OH is 1. The summed E-state index contributed by atoms with van der Waals surface area (Å²) in [4.78, 5) is 60.9. The molecule has 0 bridgehead atoms. The van der Waals surface area contributed by atoms with Crippen LogP contribution >= 0.6 is 0 Å². The number of carboxylic acid groups (broad SMARTS) is 1. The molecule has 0 heterocycles. The number of carboxylic acids is 1. The number of hydrogen-bond donors (Lipinski definition) is 9. The van der Waals surface area contributed by atoms with E-state index in [4.69, 9.17) is 22.9 Å². The third-order valence-corrected chi connectivity index (χ3v) is 5.28. The molecule has 202 valence electrons. The molecule has 0 saturated carbocycles. The molecule has 4 amide bonds. The second-order valence-electron chi connectivity index (χ2n) is 8.36. The number of nitrogens with one attached hydrogen (secondary N) is 3. The van der Waals surface area contributed by atoms with Crippen molar-refractivity contribution in [2.24, 2.45) is 22.9 Å². The first kappa shape index (κ1) is 32.2. The molecule has 0 saturated heterocycles. The van der Waals surface area contributed by atoms with Gasteiger partial charge in [-0.3, -0.25) is 19.2 Å². The Morgan fingerprint density at radius 1 is 0.743 bits per heavy atom. The molecule has 0 fully saturated rings. The van der Waals surface area contributed by atoms with E-state index in [9.17, 15) is 34.2 Å². The molecule has 0 aromatic rings. The van der Waals surface area contributed by atoms with E-state index in [-0.39, 0.29) is 25.7 Å². The molecule has 13 N–H and O–H groups in total. The Hall–Kier alpha value is -2.81. The molecular weight excluding hydrogens is 462 g/mol. The van der Waals surface area contributed by atoms with Gasteiger partial charge in [0.2, 0.25) is 23.6 Å². The van der Waals surface area contributed by atoms with Crippen molar-refractivity contribution in [3.8, 4) is 0 Å². The topological polar surface area (TPSA) is 266 Å². The summed E-state index contributed by atoms with van der Waals surface area (Å²) in [6, 6.07) is -4.89. The van der Waals surface area contributed by atoms with Crippen LogP contribution in [0.4, 0.5) is 0 Å². The largest absolute Gasteiger partial charge is 0.480 e. The van der Waals surface area contributed by atoms with E-state index in [0.717, 1.165) is 0 Å². The number of hydrogen-bond acceptors (Lipinski definition) is 9. The van der Waals surface area contributed by atoms with Crippen LogP contribution in [0, 0.1) is 0 Å². The SMILES string of the molecule is CC(O)C(N)C(=O)NC(CCC(N)=O)C(=O)NC(CCCCN)C(=O)NC(CCCCN)C(=O)O. The Morgan fingerprint density at radius 2 is 1.17 bits per heavy atom. The second kappa shape index (κ2) is 17.6. The summed E-state index contributed by atoms with van der Waals surface area (Å²) in [7, 11) is 0. The van der Waals surface area contributed by atoms with Crippen molar-refractivity contribution in [1.82, 2.24) is 16.0 Å². The highest BCUT2D eigenvalue weighted by atomic mass is 16.4. The third kappa shape index (κ3) is 13.6. The molecule has 5 atom stereocenters. The minimum absolute atomic E-state index is 0.160. The van der Waals surface area contributed by atoms with Gasteiger partial charge in [-0.2, -0.15) is 0 Å². The Morgan fingerprint density at radius 3 is 1.60 bits per heavy atom. The van der Waals surface area contributed by atoms with Gasteiger partial charge in [0.15, 0.2) is 0 Å².